The van der Waals surface area contributed by atoms with E-state index in [1.165, 1.54) is 7.11 Å². The van der Waals surface area contributed by atoms with E-state index in [4.69, 9.17) is 4.74 Å². The van der Waals surface area contributed by atoms with E-state index < -0.39 is 10.0 Å². The lowest BCUT2D eigenvalue weighted by molar-refractivity contribution is -0.132. The summed E-state index contributed by atoms with van der Waals surface area (Å²) in [6.07, 6.45) is 0.864. The van der Waals surface area contributed by atoms with E-state index >= 15 is 0 Å². The number of hydrogen-bond donors (Lipinski definition) is 1. The third kappa shape index (κ3) is 3.41. The highest BCUT2D eigenvalue weighted by Gasteiger charge is 2.29. The number of piperidine rings is 1. The number of likely N-dealkylation sites (N-methyl/N-ethyl adjacent to an activating group) is 1. The van der Waals surface area contributed by atoms with Gasteiger partial charge in [0, 0.05) is 26.1 Å². The van der Waals surface area contributed by atoms with E-state index in [-0.39, 0.29) is 16.8 Å². The Morgan fingerprint density at radius 3 is 2.50 bits per heavy atom. The fourth-order valence-electron chi connectivity index (χ4n) is 2.52. The number of amides is 1. The Labute approximate surface area is 131 Å². The average molecular weight is 326 g/mol. The summed E-state index contributed by atoms with van der Waals surface area (Å²) in [6.45, 7) is 4.15. The molecule has 0 radical (unpaired) electrons. The quantitative estimate of drug-likeness (QED) is 0.902. The zero-order chi connectivity index (χ0) is 16.5. The van der Waals surface area contributed by atoms with E-state index in [0.717, 1.165) is 11.1 Å². The maximum atomic E-state index is 12.6. The van der Waals surface area contributed by atoms with Gasteiger partial charge in [0.25, 0.3) is 0 Å². The first-order valence-electron chi connectivity index (χ1n) is 7.16. The summed E-state index contributed by atoms with van der Waals surface area (Å²) in [7, 11) is -0.561. The Kier molecular flexibility index (Phi) is 4.77. The van der Waals surface area contributed by atoms with Gasteiger partial charge in [-0.2, -0.15) is 0 Å². The number of carbonyl (C=O) groups excluding carboxylic acids is 1. The van der Waals surface area contributed by atoms with E-state index in [2.05, 4.69) is 4.72 Å². The molecule has 1 saturated heterocycles. The van der Waals surface area contributed by atoms with Crippen molar-refractivity contribution in [2.75, 3.05) is 20.7 Å². The largest absolute Gasteiger partial charge is 0.495 e. The number of ether oxygens (including phenoxy) is 1. The minimum absolute atomic E-state index is 0.0409. The standard InChI is InChI=1S/C15H22N2O4S/c1-10-7-13(21-4)14(8-11(10)2)22(19,20)16-12-5-6-15(18)17(3)9-12/h7-8,12,16H,5-6,9H2,1-4H3. The lowest BCUT2D eigenvalue weighted by Crippen LogP contribution is -2.48. The molecule has 6 nitrogen and oxygen atoms in total. The van der Waals surface area contributed by atoms with Crippen molar-refractivity contribution in [1.82, 2.24) is 9.62 Å². The fraction of sp³-hybridized carbons (Fsp3) is 0.533. The molecule has 1 aromatic carbocycles. The molecule has 122 valence electrons. The molecule has 0 bridgehead atoms. The van der Waals surface area contributed by atoms with Crippen LogP contribution in [0.2, 0.25) is 0 Å². The summed E-state index contributed by atoms with van der Waals surface area (Å²) in [5, 5.41) is 0. The highest BCUT2D eigenvalue weighted by molar-refractivity contribution is 7.89. The lowest BCUT2D eigenvalue weighted by Gasteiger charge is -2.30. The summed E-state index contributed by atoms with van der Waals surface area (Å²) in [6, 6.07) is 3.06. The monoisotopic (exact) mass is 326 g/mol. The first kappa shape index (κ1) is 16.8. The van der Waals surface area contributed by atoms with Gasteiger partial charge in [-0.25, -0.2) is 13.1 Å². The van der Waals surface area contributed by atoms with Crippen LogP contribution in [0.3, 0.4) is 0 Å². The van der Waals surface area contributed by atoms with Crippen LogP contribution in [-0.4, -0.2) is 46.0 Å². The Hall–Kier alpha value is -1.60. The number of aryl methyl sites for hydroxylation is 2. The minimum atomic E-state index is -3.70. The smallest absolute Gasteiger partial charge is 0.244 e. The van der Waals surface area contributed by atoms with Crippen molar-refractivity contribution >= 4 is 15.9 Å². The second-order valence-electron chi connectivity index (χ2n) is 5.72. The Balaban J connectivity index is 2.27. The molecule has 0 spiro atoms. The van der Waals surface area contributed by atoms with Gasteiger partial charge in [0.05, 0.1) is 7.11 Å². The van der Waals surface area contributed by atoms with Gasteiger partial charge < -0.3 is 9.64 Å². The van der Waals surface area contributed by atoms with Gasteiger partial charge in [0.2, 0.25) is 15.9 Å². The number of benzene rings is 1. The van der Waals surface area contributed by atoms with Crippen LogP contribution in [0.5, 0.6) is 5.75 Å². The molecule has 0 aromatic heterocycles. The average Bonchev–Trinajstić information content (AvgIpc) is 2.45. The van der Waals surface area contributed by atoms with Crippen molar-refractivity contribution in [3.63, 3.8) is 0 Å². The second-order valence-corrected chi connectivity index (χ2v) is 7.40. The molecule has 1 aromatic rings. The molecule has 1 atom stereocenters. The van der Waals surface area contributed by atoms with Crippen LogP contribution >= 0.6 is 0 Å². The fourth-order valence-corrected chi connectivity index (χ4v) is 4.02. The Morgan fingerprint density at radius 1 is 1.27 bits per heavy atom. The number of carbonyl (C=O) groups is 1. The molecule has 1 aliphatic rings. The van der Waals surface area contributed by atoms with Gasteiger partial charge in [0.15, 0.2) is 0 Å². The molecule has 2 rings (SSSR count). The van der Waals surface area contributed by atoms with E-state index in [1.54, 1.807) is 24.1 Å². The molecule has 0 saturated carbocycles. The Bertz CT molecular complexity index is 685. The molecule has 1 aliphatic heterocycles. The molecule has 1 amide bonds. The van der Waals surface area contributed by atoms with Crippen LogP contribution in [-0.2, 0) is 14.8 Å². The molecular weight excluding hydrogens is 304 g/mol. The van der Waals surface area contributed by atoms with Gasteiger partial charge in [-0.3, -0.25) is 4.79 Å². The Morgan fingerprint density at radius 2 is 1.91 bits per heavy atom. The van der Waals surface area contributed by atoms with Crippen molar-refractivity contribution in [2.45, 2.75) is 37.6 Å². The van der Waals surface area contributed by atoms with Crippen molar-refractivity contribution in [2.24, 2.45) is 0 Å². The molecular formula is C15H22N2O4S. The van der Waals surface area contributed by atoms with Crippen molar-refractivity contribution < 1.29 is 17.9 Å². The van der Waals surface area contributed by atoms with E-state index in [0.29, 0.717) is 25.1 Å². The molecule has 7 heteroatoms. The topological polar surface area (TPSA) is 75.7 Å². The predicted octanol–water partition coefficient (Wildman–Crippen LogP) is 1.21. The molecule has 1 unspecified atom stereocenters. The number of likely N-dealkylation sites (tertiary alicyclic amines) is 1. The number of nitrogens with one attached hydrogen (secondary N) is 1. The molecule has 22 heavy (non-hydrogen) atoms. The van der Waals surface area contributed by atoms with Gasteiger partial charge >= 0.3 is 0 Å². The zero-order valence-electron chi connectivity index (χ0n) is 13.3. The number of hydrogen-bond acceptors (Lipinski definition) is 4. The van der Waals surface area contributed by atoms with Gasteiger partial charge in [-0.05, 0) is 43.5 Å². The number of methoxy groups -OCH3 is 1. The van der Waals surface area contributed by atoms with Crippen molar-refractivity contribution in [3.8, 4) is 5.75 Å². The number of nitrogens with zero attached hydrogens (tertiary/aromatic N) is 1. The van der Waals surface area contributed by atoms with Crippen LogP contribution in [0, 0.1) is 13.8 Å². The van der Waals surface area contributed by atoms with E-state index in [1.807, 2.05) is 13.8 Å². The second kappa shape index (κ2) is 6.26. The summed E-state index contributed by atoms with van der Waals surface area (Å²) in [5.74, 6) is 0.370. The van der Waals surface area contributed by atoms with Gasteiger partial charge in [0.1, 0.15) is 10.6 Å². The summed E-state index contributed by atoms with van der Waals surface area (Å²) in [4.78, 5) is 13.2. The zero-order valence-corrected chi connectivity index (χ0v) is 14.2. The predicted molar refractivity (Wildman–Crippen MR) is 83.4 cm³/mol. The van der Waals surface area contributed by atoms with Crippen LogP contribution in [0.25, 0.3) is 0 Å². The third-order valence-corrected chi connectivity index (χ3v) is 5.56. The van der Waals surface area contributed by atoms with Crippen LogP contribution in [0.1, 0.15) is 24.0 Å². The van der Waals surface area contributed by atoms with Gasteiger partial charge in [-0.1, -0.05) is 0 Å². The highest BCUT2D eigenvalue weighted by Crippen LogP contribution is 2.27. The first-order chi connectivity index (χ1) is 10.2. The number of rotatable bonds is 4. The van der Waals surface area contributed by atoms with Crippen molar-refractivity contribution in [3.05, 3.63) is 23.3 Å². The molecule has 1 fully saturated rings. The van der Waals surface area contributed by atoms with Crippen molar-refractivity contribution in [1.29, 1.82) is 0 Å². The third-order valence-electron chi connectivity index (χ3n) is 4.02. The highest BCUT2D eigenvalue weighted by atomic mass is 32.2. The maximum absolute atomic E-state index is 12.6. The van der Waals surface area contributed by atoms with E-state index in [9.17, 15) is 13.2 Å². The molecule has 1 heterocycles. The first-order valence-corrected chi connectivity index (χ1v) is 8.64. The van der Waals surface area contributed by atoms with Gasteiger partial charge in [-0.15, -0.1) is 0 Å². The van der Waals surface area contributed by atoms with Crippen LogP contribution in [0.4, 0.5) is 0 Å². The molecule has 1 N–H and O–H groups in total. The SMILES string of the molecule is COc1cc(C)c(C)cc1S(=O)(=O)NC1CCC(=O)N(C)C1. The van der Waals surface area contributed by atoms with Crippen LogP contribution in [0.15, 0.2) is 17.0 Å². The summed E-state index contributed by atoms with van der Waals surface area (Å²) < 4.78 is 33.2. The summed E-state index contributed by atoms with van der Waals surface area (Å²) >= 11 is 0. The minimum Gasteiger partial charge on any atom is -0.495 e. The maximum Gasteiger partial charge on any atom is 0.244 e. The normalized spacial score (nSPS) is 19.4. The number of sulfonamides is 1. The van der Waals surface area contributed by atoms with Crippen LogP contribution < -0.4 is 9.46 Å². The molecule has 0 aliphatic carbocycles. The lowest BCUT2D eigenvalue weighted by atomic mass is 10.1. The summed E-state index contributed by atoms with van der Waals surface area (Å²) in [5.41, 5.74) is 1.86.